The third-order valence-corrected chi connectivity index (χ3v) is 5.99. The minimum Gasteiger partial charge on any atom is -0.478 e. The van der Waals surface area contributed by atoms with Crippen molar-refractivity contribution in [2.24, 2.45) is 0 Å². The SMILES string of the molecule is CCCC[C@H]1SC[C@@H](C(=O)OC(C)(C)C)N1C(=O)CNC(=O)Nc1cccc(C(=O)O)c1. The molecule has 0 saturated carbocycles. The molecule has 1 aliphatic heterocycles. The van der Waals surface area contributed by atoms with E-state index in [0.717, 1.165) is 19.3 Å². The number of hydrogen-bond acceptors (Lipinski definition) is 6. The summed E-state index contributed by atoms with van der Waals surface area (Å²) < 4.78 is 5.50. The van der Waals surface area contributed by atoms with Gasteiger partial charge in [-0.15, -0.1) is 11.8 Å². The molecule has 0 unspecified atom stereocenters. The molecule has 32 heavy (non-hydrogen) atoms. The summed E-state index contributed by atoms with van der Waals surface area (Å²) in [7, 11) is 0. The summed E-state index contributed by atoms with van der Waals surface area (Å²) in [5, 5.41) is 13.9. The fraction of sp³-hybridized carbons (Fsp3) is 0.545. The van der Waals surface area contributed by atoms with Crippen molar-refractivity contribution in [2.75, 3.05) is 17.6 Å². The van der Waals surface area contributed by atoms with Gasteiger partial charge in [-0.25, -0.2) is 14.4 Å². The van der Waals surface area contributed by atoms with E-state index in [-0.39, 0.29) is 23.4 Å². The number of carboxylic acids is 1. The monoisotopic (exact) mass is 465 g/mol. The first kappa shape index (κ1) is 25.5. The van der Waals surface area contributed by atoms with Crippen molar-refractivity contribution in [3.05, 3.63) is 29.8 Å². The third kappa shape index (κ3) is 7.44. The van der Waals surface area contributed by atoms with Gasteiger partial charge < -0.3 is 25.4 Å². The molecule has 0 radical (unpaired) electrons. The van der Waals surface area contributed by atoms with Gasteiger partial charge in [-0.05, 0) is 45.4 Å². The van der Waals surface area contributed by atoms with Crippen molar-refractivity contribution in [3.8, 4) is 0 Å². The largest absolute Gasteiger partial charge is 0.478 e. The third-order valence-electron chi connectivity index (χ3n) is 4.63. The average Bonchev–Trinajstić information content (AvgIpc) is 3.13. The van der Waals surface area contributed by atoms with Gasteiger partial charge in [-0.3, -0.25) is 4.79 Å². The Kier molecular flexibility index (Phi) is 8.94. The van der Waals surface area contributed by atoms with Crippen LogP contribution >= 0.6 is 11.8 Å². The van der Waals surface area contributed by atoms with Gasteiger partial charge in [0, 0.05) is 11.4 Å². The summed E-state index contributed by atoms with van der Waals surface area (Å²) in [5.74, 6) is -1.49. The lowest BCUT2D eigenvalue weighted by atomic mass is 10.1. The number of thioether (sulfide) groups is 1. The van der Waals surface area contributed by atoms with Crippen LogP contribution in [0.25, 0.3) is 0 Å². The standard InChI is InChI=1S/C22H31N3O6S/c1-5-6-10-18-25(16(13-32-18)20(29)31-22(2,3)4)17(26)12-23-21(30)24-15-9-7-8-14(11-15)19(27)28/h7-9,11,16,18H,5-6,10,12-13H2,1-4H3,(H,27,28)(H2,23,24,30)/t16-,18+/m0/s1. The summed E-state index contributed by atoms with van der Waals surface area (Å²) in [6, 6.07) is 4.44. The van der Waals surface area contributed by atoms with Crippen LogP contribution in [0.15, 0.2) is 24.3 Å². The molecular formula is C22H31N3O6S. The van der Waals surface area contributed by atoms with Crippen molar-refractivity contribution in [1.82, 2.24) is 10.2 Å². The van der Waals surface area contributed by atoms with Crippen molar-refractivity contribution in [1.29, 1.82) is 0 Å². The number of benzene rings is 1. The second-order valence-corrected chi connectivity index (χ2v) is 9.68. The number of esters is 1. The maximum absolute atomic E-state index is 13.0. The van der Waals surface area contributed by atoms with Gasteiger partial charge in [0.15, 0.2) is 0 Å². The number of hydrogen-bond donors (Lipinski definition) is 3. The Morgan fingerprint density at radius 1 is 1.25 bits per heavy atom. The molecule has 1 fully saturated rings. The number of amides is 3. The van der Waals surface area contributed by atoms with Gasteiger partial charge in [-0.1, -0.05) is 25.8 Å². The van der Waals surface area contributed by atoms with E-state index in [1.54, 1.807) is 38.6 Å². The zero-order chi connectivity index (χ0) is 23.9. The van der Waals surface area contributed by atoms with Crippen LogP contribution in [-0.2, 0) is 14.3 Å². The number of rotatable bonds is 8. The number of carbonyl (C=O) groups is 4. The van der Waals surface area contributed by atoms with E-state index < -0.39 is 29.6 Å². The smallest absolute Gasteiger partial charge is 0.335 e. The van der Waals surface area contributed by atoms with E-state index in [0.29, 0.717) is 11.4 Å². The van der Waals surface area contributed by atoms with Crippen LogP contribution in [0, 0.1) is 0 Å². The van der Waals surface area contributed by atoms with Gasteiger partial charge in [0.2, 0.25) is 5.91 Å². The molecule has 0 bridgehead atoms. The van der Waals surface area contributed by atoms with Crippen LogP contribution < -0.4 is 10.6 Å². The van der Waals surface area contributed by atoms with E-state index >= 15 is 0 Å². The Balaban J connectivity index is 2.02. The Labute approximate surface area is 192 Å². The van der Waals surface area contributed by atoms with Crippen molar-refractivity contribution in [3.63, 3.8) is 0 Å². The summed E-state index contributed by atoms with van der Waals surface area (Å²) in [6.07, 6.45) is 2.63. The normalized spacial score (nSPS) is 18.2. The topological polar surface area (TPSA) is 125 Å². The lowest BCUT2D eigenvalue weighted by Gasteiger charge is -2.30. The molecule has 2 atom stereocenters. The van der Waals surface area contributed by atoms with E-state index in [1.807, 2.05) is 0 Å². The molecule has 2 rings (SSSR count). The number of nitrogens with zero attached hydrogens (tertiary/aromatic N) is 1. The number of aromatic carboxylic acids is 1. The number of nitrogens with one attached hydrogen (secondary N) is 2. The molecule has 1 aromatic rings. The Morgan fingerprint density at radius 3 is 2.59 bits per heavy atom. The van der Waals surface area contributed by atoms with Crippen molar-refractivity contribution < 1.29 is 29.0 Å². The molecule has 9 nitrogen and oxygen atoms in total. The first-order chi connectivity index (χ1) is 15.0. The van der Waals surface area contributed by atoms with Crippen LogP contribution in [0.5, 0.6) is 0 Å². The van der Waals surface area contributed by atoms with Gasteiger partial charge >= 0.3 is 18.0 Å². The van der Waals surface area contributed by atoms with E-state index in [1.165, 1.54) is 23.1 Å². The molecule has 176 valence electrons. The van der Waals surface area contributed by atoms with Gasteiger partial charge in [0.05, 0.1) is 17.5 Å². The van der Waals surface area contributed by atoms with Crippen LogP contribution in [0.2, 0.25) is 0 Å². The van der Waals surface area contributed by atoms with Gasteiger partial charge in [0.25, 0.3) is 0 Å². The molecular weight excluding hydrogens is 434 g/mol. The highest BCUT2D eigenvalue weighted by Crippen LogP contribution is 2.33. The summed E-state index contributed by atoms with van der Waals surface area (Å²) in [4.78, 5) is 50.5. The number of carbonyl (C=O) groups excluding carboxylic acids is 3. The van der Waals surface area contributed by atoms with Crippen LogP contribution in [0.1, 0.15) is 57.3 Å². The number of urea groups is 1. The maximum Gasteiger partial charge on any atom is 0.335 e. The Bertz CT molecular complexity index is 854. The summed E-state index contributed by atoms with van der Waals surface area (Å²) in [6.45, 7) is 7.09. The maximum atomic E-state index is 13.0. The number of unbranched alkanes of at least 4 members (excludes halogenated alkanes) is 1. The van der Waals surface area contributed by atoms with Crippen LogP contribution in [0.4, 0.5) is 10.5 Å². The number of anilines is 1. The Morgan fingerprint density at radius 2 is 1.97 bits per heavy atom. The minimum atomic E-state index is -1.11. The molecule has 0 aliphatic carbocycles. The van der Waals surface area contributed by atoms with Crippen molar-refractivity contribution in [2.45, 2.75) is 64.0 Å². The predicted molar refractivity (Wildman–Crippen MR) is 123 cm³/mol. The van der Waals surface area contributed by atoms with E-state index in [9.17, 15) is 19.2 Å². The first-order valence-electron chi connectivity index (χ1n) is 10.6. The molecule has 1 saturated heterocycles. The van der Waals surface area contributed by atoms with Gasteiger partial charge in [-0.2, -0.15) is 0 Å². The average molecular weight is 466 g/mol. The highest BCUT2D eigenvalue weighted by molar-refractivity contribution is 8.00. The molecule has 3 N–H and O–H groups in total. The van der Waals surface area contributed by atoms with Crippen LogP contribution in [-0.4, -0.2) is 63.2 Å². The highest BCUT2D eigenvalue weighted by Gasteiger charge is 2.42. The zero-order valence-corrected chi connectivity index (χ0v) is 19.7. The summed E-state index contributed by atoms with van der Waals surface area (Å²) >= 11 is 1.54. The zero-order valence-electron chi connectivity index (χ0n) is 18.8. The minimum absolute atomic E-state index is 0.0342. The molecule has 0 aromatic heterocycles. The molecule has 10 heteroatoms. The Hall–Kier alpha value is -2.75. The summed E-state index contributed by atoms with van der Waals surface area (Å²) in [5.41, 5.74) is -0.341. The molecule has 1 heterocycles. The molecule has 0 spiro atoms. The fourth-order valence-corrected chi connectivity index (χ4v) is 4.66. The molecule has 1 aromatic carbocycles. The van der Waals surface area contributed by atoms with E-state index in [4.69, 9.17) is 9.84 Å². The second kappa shape index (κ2) is 11.2. The second-order valence-electron chi connectivity index (χ2n) is 8.47. The number of carboxylic acid groups (broad SMARTS) is 1. The number of ether oxygens (including phenoxy) is 1. The van der Waals surface area contributed by atoms with Crippen LogP contribution in [0.3, 0.4) is 0 Å². The van der Waals surface area contributed by atoms with Crippen molar-refractivity contribution >= 4 is 41.3 Å². The lowest BCUT2D eigenvalue weighted by Crippen LogP contribution is -2.51. The quantitative estimate of drug-likeness (QED) is 0.503. The lowest BCUT2D eigenvalue weighted by molar-refractivity contribution is -0.163. The predicted octanol–water partition coefficient (Wildman–Crippen LogP) is 3.31. The van der Waals surface area contributed by atoms with Gasteiger partial charge in [0.1, 0.15) is 11.6 Å². The molecule has 3 amide bonds. The highest BCUT2D eigenvalue weighted by atomic mass is 32.2. The molecule has 1 aliphatic rings. The first-order valence-corrected chi connectivity index (χ1v) is 11.6. The fourth-order valence-electron chi connectivity index (χ4n) is 3.20. The van der Waals surface area contributed by atoms with E-state index in [2.05, 4.69) is 17.6 Å².